The molecule has 10 heteroatoms. The quantitative estimate of drug-likeness (QED) is 0.329. The number of nitrogens with zero attached hydrogens (tertiary/aromatic N) is 2. The van der Waals surface area contributed by atoms with Gasteiger partial charge in [0.15, 0.2) is 5.78 Å². The van der Waals surface area contributed by atoms with Crippen LogP contribution in [0.15, 0.2) is 71.7 Å². The average Bonchev–Trinajstić information content (AvgIpc) is 2.80. The summed E-state index contributed by atoms with van der Waals surface area (Å²) >= 11 is 0. The van der Waals surface area contributed by atoms with Crippen molar-refractivity contribution in [1.82, 2.24) is 9.55 Å². The molecule has 0 spiro atoms. The monoisotopic (exact) mass is 483 g/mol. The molecule has 0 saturated heterocycles. The fraction of sp³-hybridized carbons (Fsp3) is 0.120. The number of rotatable bonds is 5. The number of benzene rings is 2. The number of halogens is 4. The van der Waals surface area contributed by atoms with Crippen LogP contribution in [-0.4, -0.2) is 21.2 Å². The van der Waals surface area contributed by atoms with Gasteiger partial charge in [0.25, 0.3) is 0 Å². The molecule has 2 heterocycles. The molecule has 4 aromatic rings. The fourth-order valence-electron chi connectivity index (χ4n) is 3.51. The van der Waals surface area contributed by atoms with Crippen molar-refractivity contribution in [2.24, 2.45) is 0 Å². The Labute approximate surface area is 195 Å². The first kappa shape index (κ1) is 23.8. The Morgan fingerprint density at radius 1 is 0.971 bits per heavy atom. The number of nitrogens with one attached hydrogen (secondary N) is 1. The highest BCUT2D eigenvalue weighted by molar-refractivity contribution is 6.10. The van der Waals surface area contributed by atoms with E-state index >= 15 is 0 Å². The van der Waals surface area contributed by atoms with E-state index in [0.717, 1.165) is 36.4 Å². The highest BCUT2D eigenvalue weighted by Crippen LogP contribution is 2.29. The summed E-state index contributed by atoms with van der Waals surface area (Å²) in [4.78, 5) is 42.9. The van der Waals surface area contributed by atoms with E-state index < -0.39 is 34.7 Å². The first-order valence-corrected chi connectivity index (χ1v) is 10.3. The molecule has 178 valence electrons. The smallest absolute Gasteiger partial charge is 0.336 e. The molecule has 1 amide bonds. The number of pyridine rings is 2. The van der Waals surface area contributed by atoms with Crippen LogP contribution in [0.3, 0.4) is 0 Å². The van der Waals surface area contributed by atoms with Crippen molar-refractivity contribution in [1.29, 1.82) is 0 Å². The van der Waals surface area contributed by atoms with E-state index in [1.165, 1.54) is 22.9 Å². The summed E-state index contributed by atoms with van der Waals surface area (Å²) in [5.41, 5.74) is -0.753. The van der Waals surface area contributed by atoms with Crippen LogP contribution in [0, 0.1) is 12.7 Å². The van der Waals surface area contributed by atoms with Gasteiger partial charge in [-0.1, -0.05) is 0 Å². The maximum atomic E-state index is 13.3. The largest absolute Gasteiger partial charge is 0.416 e. The van der Waals surface area contributed by atoms with Gasteiger partial charge in [-0.3, -0.25) is 14.4 Å². The SMILES string of the molecule is Cc1ccc2c(n1)c(=O)c(C(=O)c1ccc(F)cc1)cn2CC(=O)Nc1ccc(C(F)(F)F)cc1. The maximum absolute atomic E-state index is 13.3. The number of ketones is 1. The Morgan fingerprint density at radius 3 is 2.26 bits per heavy atom. The number of amides is 1. The minimum Gasteiger partial charge on any atom is -0.336 e. The zero-order valence-corrected chi connectivity index (χ0v) is 18.2. The van der Waals surface area contributed by atoms with Crippen LogP contribution in [0.4, 0.5) is 23.2 Å². The number of aryl methyl sites for hydroxylation is 1. The lowest BCUT2D eigenvalue weighted by Gasteiger charge is -2.14. The number of fused-ring (bicyclic) bond motifs is 1. The molecule has 1 N–H and O–H groups in total. The molecular weight excluding hydrogens is 466 g/mol. The predicted molar refractivity (Wildman–Crippen MR) is 121 cm³/mol. The summed E-state index contributed by atoms with van der Waals surface area (Å²) < 4.78 is 52.9. The van der Waals surface area contributed by atoms with Gasteiger partial charge in [-0.25, -0.2) is 9.37 Å². The first-order valence-electron chi connectivity index (χ1n) is 10.3. The molecule has 0 aliphatic carbocycles. The number of carbonyl (C=O) groups is 2. The summed E-state index contributed by atoms with van der Waals surface area (Å²) in [6, 6.07) is 11.8. The van der Waals surface area contributed by atoms with Crippen molar-refractivity contribution < 1.29 is 27.2 Å². The van der Waals surface area contributed by atoms with Crippen molar-refractivity contribution in [3.63, 3.8) is 0 Å². The third-order valence-corrected chi connectivity index (χ3v) is 5.23. The number of aromatic nitrogens is 2. The van der Waals surface area contributed by atoms with Gasteiger partial charge in [0, 0.05) is 23.1 Å². The van der Waals surface area contributed by atoms with Crippen LogP contribution in [0.25, 0.3) is 11.0 Å². The van der Waals surface area contributed by atoms with Crippen molar-refractivity contribution in [2.75, 3.05) is 5.32 Å². The van der Waals surface area contributed by atoms with E-state index in [2.05, 4.69) is 10.3 Å². The molecule has 0 aliphatic rings. The Balaban J connectivity index is 1.69. The minimum atomic E-state index is -4.50. The van der Waals surface area contributed by atoms with Crippen molar-refractivity contribution in [3.8, 4) is 0 Å². The normalized spacial score (nSPS) is 11.5. The molecule has 4 rings (SSSR count). The zero-order chi connectivity index (χ0) is 25.3. The number of hydrogen-bond acceptors (Lipinski definition) is 4. The second-order valence-corrected chi connectivity index (χ2v) is 7.78. The maximum Gasteiger partial charge on any atom is 0.416 e. The molecule has 0 radical (unpaired) electrons. The number of hydrogen-bond donors (Lipinski definition) is 1. The van der Waals surface area contributed by atoms with Crippen LogP contribution in [0.5, 0.6) is 0 Å². The minimum absolute atomic E-state index is 0.0275. The van der Waals surface area contributed by atoms with Crippen molar-refractivity contribution >= 4 is 28.4 Å². The van der Waals surface area contributed by atoms with Gasteiger partial charge in [0.2, 0.25) is 11.3 Å². The Kier molecular flexibility index (Phi) is 6.21. The summed E-state index contributed by atoms with van der Waals surface area (Å²) in [6.07, 6.45) is -3.28. The Bertz CT molecular complexity index is 1490. The van der Waals surface area contributed by atoms with Gasteiger partial charge < -0.3 is 9.88 Å². The summed E-state index contributed by atoms with van der Waals surface area (Å²) in [7, 11) is 0. The van der Waals surface area contributed by atoms with Gasteiger partial charge in [0.1, 0.15) is 17.9 Å². The van der Waals surface area contributed by atoms with Gasteiger partial charge in [-0.15, -0.1) is 0 Å². The molecule has 0 atom stereocenters. The molecular formula is C25H17F4N3O3. The topological polar surface area (TPSA) is 81.1 Å². The van der Waals surface area contributed by atoms with Crippen LogP contribution in [-0.2, 0) is 17.5 Å². The van der Waals surface area contributed by atoms with Crippen molar-refractivity contribution in [2.45, 2.75) is 19.6 Å². The molecule has 0 bridgehead atoms. The lowest BCUT2D eigenvalue weighted by atomic mass is 10.0. The predicted octanol–water partition coefficient (Wildman–Crippen LogP) is 4.73. The highest BCUT2D eigenvalue weighted by atomic mass is 19.4. The molecule has 35 heavy (non-hydrogen) atoms. The molecule has 0 fully saturated rings. The molecule has 2 aromatic heterocycles. The molecule has 0 unspecified atom stereocenters. The number of alkyl halides is 3. The van der Waals surface area contributed by atoms with Gasteiger partial charge in [-0.2, -0.15) is 13.2 Å². The van der Waals surface area contributed by atoms with Crippen LogP contribution in [0.2, 0.25) is 0 Å². The average molecular weight is 483 g/mol. The van der Waals surface area contributed by atoms with Gasteiger partial charge in [-0.05, 0) is 67.6 Å². The zero-order valence-electron chi connectivity index (χ0n) is 18.2. The van der Waals surface area contributed by atoms with Crippen molar-refractivity contribution in [3.05, 3.63) is 105 Å². The second kappa shape index (κ2) is 9.13. The van der Waals surface area contributed by atoms with Crippen LogP contribution in [0.1, 0.15) is 27.2 Å². The van der Waals surface area contributed by atoms with E-state index in [4.69, 9.17) is 0 Å². The van der Waals surface area contributed by atoms with Gasteiger partial charge in [0.05, 0.1) is 16.6 Å². The number of carbonyl (C=O) groups excluding carboxylic acids is 2. The lowest BCUT2D eigenvalue weighted by Crippen LogP contribution is -2.25. The molecule has 0 aliphatic heterocycles. The van der Waals surface area contributed by atoms with Gasteiger partial charge >= 0.3 is 6.18 Å². The highest BCUT2D eigenvalue weighted by Gasteiger charge is 2.30. The van der Waals surface area contributed by atoms with Crippen LogP contribution < -0.4 is 10.7 Å². The Hall–Kier alpha value is -4.34. The van der Waals surface area contributed by atoms with E-state index in [0.29, 0.717) is 11.2 Å². The van der Waals surface area contributed by atoms with E-state index in [9.17, 15) is 31.9 Å². The summed E-state index contributed by atoms with van der Waals surface area (Å²) in [6.45, 7) is 1.31. The molecule has 0 saturated carbocycles. The summed E-state index contributed by atoms with van der Waals surface area (Å²) in [5, 5.41) is 2.49. The summed E-state index contributed by atoms with van der Waals surface area (Å²) in [5.74, 6) is -1.82. The Morgan fingerprint density at radius 2 is 1.63 bits per heavy atom. The van der Waals surface area contributed by atoms with Crippen LogP contribution >= 0.6 is 0 Å². The van der Waals surface area contributed by atoms with E-state index in [-0.39, 0.29) is 28.9 Å². The third kappa shape index (κ3) is 5.11. The number of anilines is 1. The second-order valence-electron chi connectivity index (χ2n) is 7.78. The standard InChI is InChI=1S/C25H17F4N3O3/c1-14-2-11-20-22(30-14)24(35)19(23(34)15-3-7-17(26)8-4-15)12-32(20)13-21(33)31-18-9-5-16(6-10-18)25(27,28)29/h2-12H,13H2,1H3,(H,31,33). The first-order chi connectivity index (χ1) is 16.5. The molecule has 6 nitrogen and oxygen atoms in total. The lowest BCUT2D eigenvalue weighted by molar-refractivity contribution is -0.137. The van der Waals surface area contributed by atoms with E-state index in [1.807, 2.05) is 0 Å². The van der Waals surface area contributed by atoms with E-state index in [1.54, 1.807) is 19.1 Å². The molecule has 2 aromatic carbocycles. The fourth-order valence-corrected chi connectivity index (χ4v) is 3.51. The third-order valence-electron chi connectivity index (χ3n) is 5.23.